The Morgan fingerprint density at radius 2 is 2.14 bits per heavy atom. The van der Waals surface area contributed by atoms with Crippen LogP contribution < -0.4 is 0 Å². The summed E-state index contributed by atoms with van der Waals surface area (Å²) in [6.07, 6.45) is 3.87. The molecule has 0 fully saturated rings. The van der Waals surface area contributed by atoms with E-state index in [2.05, 4.69) is 6.92 Å². The van der Waals surface area contributed by atoms with Crippen molar-refractivity contribution in [1.82, 2.24) is 0 Å². The van der Waals surface area contributed by atoms with Crippen LogP contribution in [0, 0.1) is 0 Å². The zero-order chi connectivity index (χ0) is 5.54. The maximum absolute atomic E-state index is 4.98. The first-order valence-corrected chi connectivity index (χ1v) is 4.17. The zero-order valence-corrected chi connectivity index (χ0v) is 8.33. The quantitative estimate of drug-likeness (QED) is 0.555. The average Bonchev–Trinajstić information content (AvgIpc) is 1.69. The number of unbranched alkanes of at least 4 members (excludes halogenated alkanes) is 2. The van der Waals surface area contributed by atoms with Crippen molar-refractivity contribution in [2.75, 3.05) is 6.61 Å². The van der Waals surface area contributed by atoms with E-state index in [1.807, 2.05) is 0 Å². The molecule has 0 amide bonds. The molecule has 0 unspecified atom stereocenters. The van der Waals surface area contributed by atoms with Gasteiger partial charge in [-0.15, -0.1) is 0 Å². The van der Waals surface area contributed by atoms with Gasteiger partial charge >= 0.3 is 60.5 Å². The number of rotatable bonds is 4. The van der Waals surface area contributed by atoms with Crippen LogP contribution >= 0.6 is 0 Å². The molecule has 0 aromatic heterocycles. The van der Waals surface area contributed by atoms with E-state index in [0.717, 1.165) is 31.4 Å². The molecule has 7 heavy (non-hydrogen) atoms. The van der Waals surface area contributed by atoms with Crippen molar-refractivity contribution < 1.29 is 27.7 Å². The van der Waals surface area contributed by atoms with Gasteiger partial charge in [0.1, 0.15) is 0 Å². The van der Waals surface area contributed by atoms with E-state index in [1.165, 1.54) is 19.3 Å². The van der Waals surface area contributed by atoms with Gasteiger partial charge in [0.2, 0.25) is 0 Å². The Hall–Kier alpha value is 0.830. The van der Waals surface area contributed by atoms with E-state index in [4.69, 9.17) is 2.85 Å². The molecule has 0 N–H and O–H groups in total. The minimum atomic E-state index is 0.906. The van der Waals surface area contributed by atoms with E-state index in [9.17, 15) is 0 Å². The first-order chi connectivity index (χ1) is 3.41. The second kappa shape index (κ2) is 6.83. The standard InChI is InChI=1S/C5H11O.Hf/c1-2-3-4-5-6;/h2-5H2,1H3;/q-1;+1. The van der Waals surface area contributed by atoms with Gasteiger partial charge in [-0.25, -0.2) is 0 Å². The van der Waals surface area contributed by atoms with Crippen LogP contribution in [0.25, 0.3) is 0 Å². The Bertz CT molecular complexity index is 27.3. The van der Waals surface area contributed by atoms with Gasteiger partial charge in [-0.2, -0.15) is 0 Å². The Labute approximate surface area is 60.6 Å². The van der Waals surface area contributed by atoms with E-state index >= 15 is 0 Å². The molecule has 0 aromatic rings. The SMILES string of the molecule is CCCCC[O][Hf]. The van der Waals surface area contributed by atoms with Gasteiger partial charge in [0.05, 0.1) is 0 Å². The van der Waals surface area contributed by atoms with E-state index in [1.54, 1.807) is 0 Å². The normalized spacial score (nSPS) is 9.14. The summed E-state index contributed by atoms with van der Waals surface area (Å²) >= 11 is 0.906. The molecule has 0 saturated heterocycles. The first kappa shape index (κ1) is 7.83. The van der Waals surface area contributed by atoms with Gasteiger partial charge in [-0.1, -0.05) is 0 Å². The Kier molecular flexibility index (Phi) is 7.64. The molecule has 0 aromatic carbocycles. The summed E-state index contributed by atoms with van der Waals surface area (Å²) in [6, 6.07) is 0. The third-order valence-electron chi connectivity index (χ3n) is 0.850. The van der Waals surface area contributed by atoms with Crippen LogP contribution in [0.4, 0.5) is 0 Å². The molecule has 0 aliphatic rings. The van der Waals surface area contributed by atoms with Crippen molar-refractivity contribution in [3.8, 4) is 0 Å². The van der Waals surface area contributed by atoms with Crippen molar-refractivity contribution in [1.29, 1.82) is 0 Å². The molecule has 41 valence electrons. The predicted molar refractivity (Wildman–Crippen MR) is 25.5 cm³/mol. The molecule has 0 saturated carbocycles. The molecule has 0 radical (unpaired) electrons. The van der Waals surface area contributed by atoms with Crippen LogP contribution in [0.1, 0.15) is 26.2 Å². The van der Waals surface area contributed by atoms with Gasteiger partial charge in [0, 0.05) is 0 Å². The minimum absolute atomic E-state index is 0.906. The predicted octanol–water partition coefficient (Wildman–Crippen LogP) is 1.66. The van der Waals surface area contributed by atoms with Crippen LogP contribution in [-0.2, 0) is 27.7 Å². The summed E-state index contributed by atoms with van der Waals surface area (Å²) in [5.74, 6) is 0. The van der Waals surface area contributed by atoms with Gasteiger partial charge in [-0.05, 0) is 0 Å². The maximum atomic E-state index is 4.98. The van der Waals surface area contributed by atoms with Crippen LogP contribution in [-0.4, -0.2) is 6.61 Å². The fourth-order valence-corrected chi connectivity index (χ4v) is 0.943. The average molecular weight is 266 g/mol. The fraction of sp³-hybridized carbons (Fsp3) is 1.00. The summed E-state index contributed by atoms with van der Waals surface area (Å²) in [5, 5.41) is 0. The van der Waals surface area contributed by atoms with Gasteiger partial charge < -0.3 is 0 Å². The molecule has 0 bridgehead atoms. The van der Waals surface area contributed by atoms with Gasteiger partial charge in [0.25, 0.3) is 0 Å². The fourth-order valence-electron chi connectivity index (χ4n) is 0.424. The molecular weight excluding hydrogens is 255 g/mol. The van der Waals surface area contributed by atoms with Crippen LogP contribution in [0.5, 0.6) is 0 Å². The van der Waals surface area contributed by atoms with E-state index < -0.39 is 0 Å². The monoisotopic (exact) mass is 267 g/mol. The third-order valence-corrected chi connectivity index (χ3v) is 1.58. The van der Waals surface area contributed by atoms with Crippen molar-refractivity contribution >= 4 is 0 Å². The zero-order valence-electron chi connectivity index (χ0n) is 4.74. The van der Waals surface area contributed by atoms with Gasteiger partial charge in [-0.3, -0.25) is 0 Å². The summed E-state index contributed by atoms with van der Waals surface area (Å²) in [6.45, 7) is 3.19. The van der Waals surface area contributed by atoms with E-state index in [0.29, 0.717) is 0 Å². The van der Waals surface area contributed by atoms with Crippen molar-refractivity contribution in [3.63, 3.8) is 0 Å². The molecule has 0 atom stereocenters. The molecule has 0 spiro atoms. The van der Waals surface area contributed by atoms with Crippen LogP contribution in [0.3, 0.4) is 0 Å². The molecule has 2 heteroatoms. The van der Waals surface area contributed by atoms with Crippen molar-refractivity contribution in [3.05, 3.63) is 0 Å². The second-order valence-electron chi connectivity index (χ2n) is 1.56. The summed E-state index contributed by atoms with van der Waals surface area (Å²) in [5.41, 5.74) is 0. The summed E-state index contributed by atoms with van der Waals surface area (Å²) in [7, 11) is 0. The van der Waals surface area contributed by atoms with Crippen molar-refractivity contribution in [2.24, 2.45) is 0 Å². The Morgan fingerprint density at radius 1 is 1.43 bits per heavy atom. The summed E-state index contributed by atoms with van der Waals surface area (Å²) < 4.78 is 4.98. The van der Waals surface area contributed by atoms with Crippen LogP contribution in [0.15, 0.2) is 0 Å². The molecule has 0 aliphatic carbocycles. The number of hydrogen-bond acceptors (Lipinski definition) is 1. The molecule has 0 rings (SSSR count). The van der Waals surface area contributed by atoms with Gasteiger partial charge in [0.15, 0.2) is 0 Å². The molecule has 1 nitrogen and oxygen atoms in total. The molecule has 0 aliphatic heterocycles. The first-order valence-electron chi connectivity index (χ1n) is 2.70. The summed E-state index contributed by atoms with van der Waals surface area (Å²) in [4.78, 5) is 0. The van der Waals surface area contributed by atoms with Crippen molar-refractivity contribution in [2.45, 2.75) is 26.2 Å². The Morgan fingerprint density at radius 3 is 2.57 bits per heavy atom. The Balaban J connectivity index is 2.45. The molecule has 0 heterocycles. The topological polar surface area (TPSA) is 9.23 Å². The third kappa shape index (κ3) is 6.83. The molecular formula is C5H11HfO. The number of hydrogen-bond donors (Lipinski definition) is 0. The second-order valence-corrected chi connectivity index (χ2v) is 2.59. The van der Waals surface area contributed by atoms with E-state index in [-0.39, 0.29) is 0 Å². The van der Waals surface area contributed by atoms with Crippen LogP contribution in [0.2, 0.25) is 0 Å².